The lowest BCUT2D eigenvalue weighted by molar-refractivity contribution is -0.171. The molecule has 144 valence electrons. The summed E-state index contributed by atoms with van der Waals surface area (Å²) in [5.74, 6) is 0.561. The van der Waals surface area contributed by atoms with Gasteiger partial charge in [0.15, 0.2) is 0 Å². The fourth-order valence-electron chi connectivity index (χ4n) is 3.50. The van der Waals surface area contributed by atoms with E-state index < -0.39 is 23.5 Å². The number of amides is 1. The van der Waals surface area contributed by atoms with Gasteiger partial charge in [-0.25, -0.2) is 14.6 Å². The lowest BCUT2D eigenvalue weighted by Gasteiger charge is -2.45. The van der Waals surface area contributed by atoms with Crippen molar-refractivity contribution in [1.29, 1.82) is 0 Å². The number of hydrogen-bond donors (Lipinski definition) is 2. The minimum absolute atomic E-state index is 0.152. The van der Waals surface area contributed by atoms with Crippen molar-refractivity contribution in [2.75, 3.05) is 6.54 Å². The van der Waals surface area contributed by atoms with Gasteiger partial charge in [0.1, 0.15) is 17.6 Å². The minimum Gasteiger partial charge on any atom is -0.465 e. The predicted octanol–water partition coefficient (Wildman–Crippen LogP) is 3.66. The van der Waals surface area contributed by atoms with Crippen molar-refractivity contribution in [2.45, 2.75) is 51.0 Å². The van der Waals surface area contributed by atoms with Crippen molar-refractivity contribution in [3.8, 4) is 0 Å². The molecule has 9 heteroatoms. The Bertz CT molecular complexity index is 916. The quantitative estimate of drug-likeness (QED) is 0.612. The number of carbonyl (C=O) groups is 1. The van der Waals surface area contributed by atoms with Crippen molar-refractivity contribution in [1.82, 2.24) is 14.9 Å². The summed E-state index contributed by atoms with van der Waals surface area (Å²) in [6, 6.07) is 5.32. The van der Waals surface area contributed by atoms with Crippen LogP contribution < -0.4 is 0 Å². The lowest BCUT2D eigenvalue weighted by Crippen LogP contribution is -2.53. The van der Waals surface area contributed by atoms with Gasteiger partial charge in [0.05, 0.1) is 16.6 Å². The van der Waals surface area contributed by atoms with Gasteiger partial charge in [0.25, 0.3) is 0 Å². The molecule has 1 saturated heterocycles. The number of piperidine rings is 1. The van der Waals surface area contributed by atoms with Gasteiger partial charge in [-0.2, -0.15) is 4.99 Å². The van der Waals surface area contributed by atoms with E-state index in [9.17, 15) is 14.7 Å². The van der Waals surface area contributed by atoms with Gasteiger partial charge in [0, 0.05) is 24.4 Å². The van der Waals surface area contributed by atoms with Crippen LogP contribution in [0.2, 0.25) is 5.02 Å². The number of carbonyl (C=O) groups excluding carboxylic acids is 1. The molecule has 0 radical (unpaired) electrons. The second kappa shape index (κ2) is 6.96. The van der Waals surface area contributed by atoms with Crippen molar-refractivity contribution in [2.24, 2.45) is 4.99 Å². The molecule has 2 N–H and O–H groups in total. The monoisotopic (exact) mass is 392 g/mol. The van der Waals surface area contributed by atoms with Crippen LogP contribution in [0.25, 0.3) is 11.0 Å². The zero-order valence-corrected chi connectivity index (χ0v) is 16.1. The van der Waals surface area contributed by atoms with Crippen LogP contribution in [0.15, 0.2) is 23.2 Å². The van der Waals surface area contributed by atoms with Crippen LogP contribution in [0.3, 0.4) is 0 Å². The molecule has 1 aliphatic rings. The summed E-state index contributed by atoms with van der Waals surface area (Å²) in [6.45, 7) is 5.89. The Kier molecular flexibility index (Phi) is 4.99. The van der Waals surface area contributed by atoms with Crippen LogP contribution in [0.4, 0.5) is 4.79 Å². The summed E-state index contributed by atoms with van der Waals surface area (Å²) in [6.07, 6.45) is -0.0376. The largest absolute Gasteiger partial charge is 0.465 e. The average molecular weight is 393 g/mol. The highest BCUT2D eigenvalue weighted by molar-refractivity contribution is 6.31. The lowest BCUT2D eigenvalue weighted by atomic mass is 9.87. The number of aliphatic imine (C=N–C) groups is 1. The Hall–Kier alpha value is -2.41. The molecule has 2 atom stereocenters. The maximum atomic E-state index is 11.5. The third-order valence-electron chi connectivity index (χ3n) is 4.45. The zero-order chi connectivity index (χ0) is 19.8. The topological polar surface area (TPSA) is 108 Å². The van der Waals surface area contributed by atoms with Crippen LogP contribution in [-0.4, -0.2) is 50.5 Å². The number of H-pyrrole nitrogens is 1. The standard InChI is InChI=1S/C18H21ClN4O4/c1-17(2,3)27-18(6-7-23(16(25)26)14(9-18)20-10-24)15-21-12-5-4-11(19)8-13(12)22-15/h4-5,8,14H,6-7,9H2,1-3H3,(H,21,22)(H,25,26). The number of nitrogens with zero attached hydrogens (tertiary/aromatic N) is 3. The Morgan fingerprint density at radius 1 is 1.52 bits per heavy atom. The first-order valence-electron chi connectivity index (χ1n) is 8.56. The highest BCUT2D eigenvalue weighted by Gasteiger charge is 2.48. The van der Waals surface area contributed by atoms with Crippen molar-refractivity contribution in [3.63, 3.8) is 0 Å². The van der Waals surface area contributed by atoms with Gasteiger partial charge in [0.2, 0.25) is 6.08 Å². The van der Waals surface area contributed by atoms with Crippen LogP contribution >= 0.6 is 11.6 Å². The third-order valence-corrected chi connectivity index (χ3v) is 4.69. The van der Waals surface area contributed by atoms with Gasteiger partial charge in [-0.3, -0.25) is 4.90 Å². The number of halogens is 1. The number of aromatic nitrogens is 2. The van der Waals surface area contributed by atoms with Crippen LogP contribution in [0.5, 0.6) is 0 Å². The third kappa shape index (κ3) is 3.98. The zero-order valence-electron chi connectivity index (χ0n) is 15.3. The fourth-order valence-corrected chi connectivity index (χ4v) is 3.67. The molecule has 2 aromatic rings. The molecule has 0 saturated carbocycles. The molecule has 0 spiro atoms. The molecular weight excluding hydrogens is 372 g/mol. The smallest absolute Gasteiger partial charge is 0.409 e. The Balaban J connectivity index is 2.09. The SMILES string of the molecule is CC(C)(C)OC1(c2nc3ccc(Cl)cc3[nH]2)CCN(C(=O)O)C(N=C=O)C1. The van der Waals surface area contributed by atoms with E-state index in [0.717, 1.165) is 15.9 Å². The number of likely N-dealkylation sites (tertiary alicyclic amines) is 1. The second-order valence-corrected chi connectivity index (χ2v) is 8.02. The van der Waals surface area contributed by atoms with E-state index >= 15 is 0 Å². The summed E-state index contributed by atoms with van der Waals surface area (Å²) in [4.78, 5) is 35.1. The second-order valence-electron chi connectivity index (χ2n) is 7.59. The number of carboxylic acid groups (broad SMARTS) is 1. The molecule has 0 aliphatic carbocycles. The fraction of sp³-hybridized carbons (Fsp3) is 0.500. The normalized spacial score (nSPS) is 23.3. The highest BCUT2D eigenvalue weighted by Crippen LogP contribution is 2.42. The Morgan fingerprint density at radius 3 is 2.89 bits per heavy atom. The number of aromatic amines is 1. The summed E-state index contributed by atoms with van der Waals surface area (Å²) >= 11 is 6.06. The Morgan fingerprint density at radius 2 is 2.26 bits per heavy atom. The van der Waals surface area contributed by atoms with Crippen LogP contribution in [0.1, 0.15) is 39.4 Å². The van der Waals surface area contributed by atoms with Crippen LogP contribution in [0, 0.1) is 0 Å². The number of nitrogens with one attached hydrogen (secondary N) is 1. The Labute approximate surface area is 161 Å². The molecule has 2 unspecified atom stereocenters. The predicted molar refractivity (Wildman–Crippen MR) is 99.5 cm³/mol. The van der Waals surface area contributed by atoms with Gasteiger partial charge in [-0.1, -0.05) is 11.6 Å². The summed E-state index contributed by atoms with van der Waals surface area (Å²) in [7, 11) is 0. The molecule has 1 aromatic carbocycles. The van der Waals surface area contributed by atoms with E-state index in [2.05, 4.69) is 15.0 Å². The van der Waals surface area contributed by atoms with Crippen molar-refractivity contribution in [3.05, 3.63) is 29.0 Å². The molecule has 3 rings (SSSR count). The van der Waals surface area contributed by atoms with E-state index in [1.807, 2.05) is 20.8 Å². The van der Waals surface area contributed by atoms with Gasteiger partial charge >= 0.3 is 6.09 Å². The minimum atomic E-state index is -1.14. The van der Waals surface area contributed by atoms with Crippen molar-refractivity contribution >= 4 is 34.8 Å². The number of isocyanates is 1. The van der Waals surface area contributed by atoms with E-state index in [-0.39, 0.29) is 13.0 Å². The van der Waals surface area contributed by atoms with E-state index in [1.165, 1.54) is 6.08 Å². The van der Waals surface area contributed by atoms with Gasteiger partial charge in [-0.15, -0.1) is 0 Å². The first-order valence-corrected chi connectivity index (χ1v) is 8.94. The number of ether oxygens (including phenoxy) is 1. The van der Waals surface area contributed by atoms with E-state index in [0.29, 0.717) is 17.3 Å². The molecule has 2 heterocycles. The molecule has 1 amide bonds. The maximum Gasteiger partial charge on any atom is 0.409 e. The highest BCUT2D eigenvalue weighted by atomic mass is 35.5. The molecular formula is C18H21ClN4O4. The van der Waals surface area contributed by atoms with Crippen LogP contribution in [-0.2, 0) is 15.1 Å². The van der Waals surface area contributed by atoms with Crippen molar-refractivity contribution < 1.29 is 19.4 Å². The van der Waals surface area contributed by atoms with Gasteiger partial charge in [-0.05, 0) is 39.0 Å². The molecule has 27 heavy (non-hydrogen) atoms. The first kappa shape index (κ1) is 19.4. The number of rotatable bonds is 3. The first-order chi connectivity index (χ1) is 12.6. The molecule has 0 bridgehead atoms. The summed E-state index contributed by atoms with van der Waals surface area (Å²) in [5, 5.41) is 9.99. The number of benzene rings is 1. The summed E-state index contributed by atoms with van der Waals surface area (Å²) < 4.78 is 6.38. The van der Waals surface area contributed by atoms with E-state index in [4.69, 9.17) is 16.3 Å². The molecule has 8 nitrogen and oxygen atoms in total. The number of imidazole rings is 1. The van der Waals surface area contributed by atoms with Gasteiger partial charge < -0.3 is 14.8 Å². The molecule has 1 fully saturated rings. The number of hydrogen-bond acceptors (Lipinski definition) is 5. The summed E-state index contributed by atoms with van der Waals surface area (Å²) in [5.41, 5.74) is 0.0194. The average Bonchev–Trinajstić information content (AvgIpc) is 2.97. The molecule has 1 aromatic heterocycles. The number of fused-ring (bicyclic) bond motifs is 1. The maximum absolute atomic E-state index is 11.5. The molecule has 1 aliphatic heterocycles. The van der Waals surface area contributed by atoms with E-state index in [1.54, 1.807) is 18.2 Å².